The summed E-state index contributed by atoms with van der Waals surface area (Å²) >= 11 is 0. The van der Waals surface area contributed by atoms with Crippen LogP contribution in [0.5, 0.6) is 0 Å². The molecule has 1 aliphatic heterocycles. The van der Waals surface area contributed by atoms with E-state index in [1.807, 2.05) is 41.5 Å². The standard InChI is InChI=1S/C33H55N5O7S/c1-9-11-15-22(25(39)28(41)34-18-10-2)35-27(40)24-23-21(32(23,6)7)19-38(24)29(42)26(31(3,4)5)36-30(43)37-33(20-46(8,44)45)16-13-12-14-17-33/h10,21-24,26H,2,9,11-20H2,1,3-8H3,(H,34,41)(H,35,40)(H2,36,37,43)/t21?,22?,23?,24-,26+/m0/s1. The van der Waals surface area contributed by atoms with Crippen molar-refractivity contribution in [2.45, 2.75) is 117 Å². The lowest BCUT2D eigenvalue weighted by atomic mass is 9.83. The fraction of sp³-hybridized carbons (Fsp3) is 0.788. The van der Waals surface area contributed by atoms with Crippen LogP contribution in [0.25, 0.3) is 0 Å². The molecule has 3 fully saturated rings. The normalized spacial score (nSPS) is 24.5. The van der Waals surface area contributed by atoms with Gasteiger partial charge in [0.25, 0.3) is 5.91 Å². The predicted molar refractivity (Wildman–Crippen MR) is 176 cm³/mol. The Labute approximate surface area is 274 Å². The molecular weight excluding hydrogens is 610 g/mol. The van der Waals surface area contributed by atoms with E-state index in [4.69, 9.17) is 0 Å². The number of urea groups is 1. The van der Waals surface area contributed by atoms with E-state index >= 15 is 0 Å². The number of carbonyl (C=O) groups excluding carboxylic acids is 5. The van der Waals surface area contributed by atoms with Crippen LogP contribution in [0.2, 0.25) is 0 Å². The quantitative estimate of drug-likeness (QED) is 0.163. The minimum Gasteiger partial charge on any atom is -0.346 e. The number of fused-ring (bicyclic) bond motifs is 1. The molecule has 0 radical (unpaired) electrons. The number of piperidine rings is 1. The van der Waals surface area contributed by atoms with E-state index in [2.05, 4.69) is 27.8 Å². The van der Waals surface area contributed by atoms with Crippen LogP contribution in [0.3, 0.4) is 0 Å². The number of ketones is 1. The number of unbranched alkanes of at least 4 members (excludes halogenated alkanes) is 1. The number of carbonyl (C=O) groups is 5. The lowest BCUT2D eigenvalue weighted by Gasteiger charge is -2.40. The lowest BCUT2D eigenvalue weighted by Crippen LogP contribution is -2.63. The highest BCUT2D eigenvalue weighted by Crippen LogP contribution is 2.65. The zero-order valence-corrected chi connectivity index (χ0v) is 29.5. The SMILES string of the molecule is C=CCNC(=O)C(=O)C(CCCC)NC(=O)[C@@H]1C2C(CN1C(=O)[C@@H](NC(=O)NC1(CS(C)(=O)=O)CCCCC1)C(C)(C)C)C2(C)C. The first-order valence-corrected chi connectivity index (χ1v) is 18.6. The van der Waals surface area contributed by atoms with Crippen molar-refractivity contribution in [1.82, 2.24) is 26.2 Å². The Bertz CT molecular complexity index is 1300. The number of nitrogens with zero attached hydrogens (tertiary/aromatic N) is 1. The lowest BCUT2D eigenvalue weighted by molar-refractivity contribution is -0.145. The molecule has 3 rings (SSSR count). The fourth-order valence-electron chi connectivity index (χ4n) is 7.42. The minimum atomic E-state index is -3.39. The second-order valence-corrected chi connectivity index (χ2v) is 17.4. The van der Waals surface area contributed by atoms with E-state index in [1.165, 1.54) is 11.0 Å². The predicted octanol–water partition coefficient (Wildman–Crippen LogP) is 2.48. The maximum Gasteiger partial charge on any atom is 0.315 e. The highest BCUT2D eigenvalue weighted by molar-refractivity contribution is 7.90. The Hall–Kier alpha value is -2.96. The number of nitrogens with one attached hydrogen (secondary N) is 4. The zero-order chi connectivity index (χ0) is 34.7. The van der Waals surface area contributed by atoms with Crippen LogP contribution in [0, 0.1) is 22.7 Å². The van der Waals surface area contributed by atoms with Gasteiger partial charge in [0, 0.05) is 19.3 Å². The molecule has 0 aromatic heterocycles. The molecule has 5 amide bonds. The molecule has 0 aromatic carbocycles. The smallest absolute Gasteiger partial charge is 0.315 e. The van der Waals surface area contributed by atoms with Crippen molar-refractivity contribution in [3.63, 3.8) is 0 Å². The molecule has 3 aliphatic rings. The second-order valence-electron chi connectivity index (χ2n) is 15.3. The van der Waals surface area contributed by atoms with Gasteiger partial charge in [0.05, 0.1) is 17.3 Å². The topological polar surface area (TPSA) is 171 Å². The van der Waals surface area contributed by atoms with Gasteiger partial charge in [-0.05, 0) is 41.9 Å². The van der Waals surface area contributed by atoms with Crippen LogP contribution in [0.15, 0.2) is 12.7 Å². The minimum absolute atomic E-state index is 0.0580. The monoisotopic (exact) mass is 665 g/mol. The maximum absolute atomic E-state index is 14.3. The van der Waals surface area contributed by atoms with Crippen LogP contribution in [0.1, 0.15) is 92.9 Å². The van der Waals surface area contributed by atoms with E-state index in [0.29, 0.717) is 25.8 Å². The molecule has 1 heterocycles. The number of amides is 5. The molecule has 1 saturated heterocycles. The van der Waals surface area contributed by atoms with E-state index in [-0.39, 0.29) is 36.0 Å². The number of Topliss-reactive ketones (excluding diaryl/α,β-unsaturated/α-hetero) is 1. The van der Waals surface area contributed by atoms with E-state index < -0.39 is 68.5 Å². The van der Waals surface area contributed by atoms with Crippen molar-refractivity contribution in [3.05, 3.63) is 12.7 Å². The third-order valence-corrected chi connectivity index (χ3v) is 11.1. The first kappa shape index (κ1) is 37.5. The molecule has 2 saturated carbocycles. The number of rotatable bonds is 14. The van der Waals surface area contributed by atoms with Crippen LogP contribution >= 0.6 is 0 Å². The summed E-state index contributed by atoms with van der Waals surface area (Å²) in [5.74, 6) is -2.75. The maximum atomic E-state index is 14.3. The number of hydrogen-bond donors (Lipinski definition) is 4. The molecule has 0 spiro atoms. The van der Waals surface area contributed by atoms with Gasteiger partial charge in [0.1, 0.15) is 21.9 Å². The highest BCUT2D eigenvalue weighted by Gasteiger charge is 2.70. The van der Waals surface area contributed by atoms with Crippen molar-refractivity contribution >= 4 is 39.4 Å². The summed E-state index contributed by atoms with van der Waals surface area (Å²) in [7, 11) is -3.39. The number of hydrogen-bond acceptors (Lipinski definition) is 7. The first-order valence-electron chi connectivity index (χ1n) is 16.6. The van der Waals surface area contributed by atoms with E-state index in [9.17, 15) is 32.4 Å². The molecular formula is C33H55N5O7S. The summed E-state index contributed by atoms with van der Waals surface area (Å²) in [6.45, 7) is 15.5. The van der Waals surface area contributed by atoms with Gasteiger partial charge in [-0.1, -0.05) is 79.7 Å². The Morgan fingerprint density at radius 1 is 1.04 bits per heavy atom. The highest BCUT2D eigenvalue weighted by atomic mass is 32.2. The molecule has 4 N–H and O–H groups in total. The third-order valence-electron chi connectivity index (χ3n) is 9.99. The molecule has 5 atom stereocenters. The average Bonchev–Trinajstić information content (AvgIpc) is 3.26. The zero-order valence-electron chi connectivity index (χ0n) is 28.7. The third kappa shape index (κ3) is 8.89. The number of sulfone groups is 1. The van der Waals surface area contributed by atoms with Gasteiger partial charge in [-0.25, -0.2) is 13.2 Å². The van der Waals surface area contributed by atoms with Crippen LogP contribution < -0.4 is 21.3 Å². The molecule has 46 heavy (non-hydrogen) atoms. The van der Waals surface area contributed by atoms with Gasteiger partial charge in [0.2, 0.25) is 17.6 Å². The molecule has 0 bridgehead atoms. The Kier molecular flexibility index (Phi) is 11.8. The summed E-state index contributed by atoms with van der Waals surface area (Å²) in [6.07, 6.45) is 7.86. The molecule has 2 aliphatic carbocycles. The van der Waals surface area contributed by atoms with Gasteiger partial charge < -0.3 is 26.2 Å². The van der Waals surface area contributed by atoms with Crippen LogP contribution in [0.4, 0.5) is 4.79 Å². The Morgan fingerprint density at radius 2 is 1.67 bits per heavy atom. The summed E-state index contributed by atoms with van der Waals surface area (Å²) in [4.78, 5) is 68.8. The number of likely N-dealkylation sites (tertiary alicyclic amines) is 1. The Morgan fingerprint density at radius 3 is 2.22 bits per heavy atom. The second kappa shape index (κ2) is 14.4. The van der Waals surface area contributed by atoms with Gasteiger partial charge in [-0.2, -0.15) is 0 Å². The van der Waals surface area contributed by atoms with E-state index in [0.717, 1.165) is 31.9 Å². The fourth-order valence-corrected chi connectivity index (χ4v) is 8.78. The van der Waals surface area contributed by atoms with Crippen molar-refractivity contribution in [1.29, 1.82) is 0 Å². The van der Waals surface area contributed by atoms with Gasteiger partial charge >= 0.3 is 6.03 Å². The first-order chi connectivity index (χ1) is 21.3. The summed E-state index contributed by atoms with van der Waals surface area (Å²) < 4.78 is 24.6. The summed E-state index contributed by atoms with van der Waals surface area (Å²) in [5.41, 5.74) is -1.87. The van der Waals surface area contributed by atoms with Crippen LogP contribution in [-0.4, -0.2) is 91.6 Å². The van der Waals surface area contributed by atoms with Gasteiger partial charge in [0.15, 0.2) is 0 Å². The van der Waals surface area contributed by atoms with Crippen LogP contribution in [-0.2, 0) is 29.0 Å². The summed E-state index contributed by atoms with van der Waals surface area (Å²) in [5, 5.41) is 11.0. The van der Waals surface area contributed by atoms with Crippen molar-refractivity contribution in [2.75, 3.05) is 25.1 Å². The molecule has 0 aromatic rings. The summed E-state index contributed by atoms with van der Waals surface area (Å²) in [6, 6.07) is -3.57. The van der Waals surface area contributed by atoms with Crippen molar-refractivity contribution in [2.24, 2.45) is 22.7 Å². The molecule has 260 valence electrons. The van der Waals surface area contributed by atoms with Gasteiger partial charge in [-0.3, -0.25) is 19.2 Å². The van der Waals surface area contributed by atoms with Crippen molar-refractivity contribution < 1.29 is 32.4 Å². The average molecular weight is 666 g/mol. The largest absolute Gasteiger partial charge is 0.346 e. The molecule has 12 nitrogen and oxygen atoms in total. The van der Waals surface area contributed by atoms with Gasteiger partial charge in [-0.15, -0.1) is 6.58 Å². The molecule has 3 unspecified atom stereocenters. The van der Waals surface area contributed by atoms with E-state index in [1.54, 1.807) is 0 Å². The molecule has 13 heteroatoms. The Balaban J connectivity index is 1.84. The van der Waals surface area contributed by atoms with Crippen molar-refractivity contribution in [3.8, 4) is 0 Å².